The van der Waals surface area contributed by atoms with E-state index in [1.807, 2.05) is 26.2 Å². The molecule has 19 heavy (non-hydrogen) atoms. The van der Waals surface area contributed by atoms with Crippen molar-refractivity contribution in [1.29, 1.82) is 0 Å². The number of nitrogens with two attached hydrogens (primary N) is 1. The lowest BCUT2D eigenvalue weighted by Gasteiger charge is -2.27. The van der Waals surface area contributed by atoms with Crippen LogP contribution in [0.3, 0.4) is 0 Å². The quantitative estimate of drug-likeness (QED) is 0.655. The number of nitrogens with one attached hydrogen (secondary N) is 1. The van der Waals surface area contributed by atoms with Gasteiger partial charge in [-0.3, -0.25) is 5.43 Å². The van der Waals surface area contributed by atoms with E-state index in [1.54, 1.807) is 11.9 Å². The van der Waals surface area contributed by atoms with Crippen LogP contribution in [0.25, 0.3) is 0 Å². The van der Waals surface area contributed by atoms with Gasteiger partial charge in [-0.05, 0) is 5.41 Å². The molecule has 1 heterocycles. The zero-order valence-corrected chi connectivity index (χ0v) is 11.3. The second-order valence-corrected chi connectivity index (χ2v) is 5.49. The van der Waals surface area contributed by atoms with E-state index in [9.17, 15) is 13.2 Å². The molecule has 0 fully saturated rings. The van der Waals surface area contributed by atoms with E-state index >= 15 is 0 Å². The summed E-state index contributed by atoms with van der Waals surface area (Å²) in [5.74, 6) is 5.01. The molecule has 108 valence electrons. The number of halogens is 3. The topological polar surface area (TPSA) is 67.1 Å². The van der Waals surface area contributed by atoms with Gasteiger partial charge in [0.25, 0.3) is 0 Å². The third-order valence-corrected chi connectivity index (χ3v) is 2.23. The van der Waals surface area contributed by atoms with Crippen LogP contribution in [0.1, 0.15) is 26.5 Å². The lowest BCUT2D eigenvalue weighted by Crippen LogP contribution is -2.30. The molecule has 8 heteroatoms. The first kappa shape index (κ1) is 15.5. The fraction of sp³-hybridized carbons (Fsp3) is 0.636. The maximum atomic E-state index is 12.7. The molecule has 3 N–H and O–H groups in total. The van der Waals surface area contributed by atoms with Crippen molar-refractivity contribution in [2.24, 2.45) is 11.3 Å². The largest absolute Gasteiger partial charge is 0.433 e. The van der Waals surface area contributed by atoms with Crippen molar-refractivity contribution in [1.82, 2.24) is 9.97 Å². The summed E-state index contributed by atoms with van der Waals surface area (Å²) in [6.07, 6.45) is -4.54. The van der Waals surface area contributed by atoms with Gasteiger partial charge in [-0.25, -0.2) is 10.8 Å². The van der Waals surface area contributed by atoms with E-state index in [0.29, 0.717) is 6.54 Å². The fourth-order valence-electron chi connectivity index (χ4n) is 1.63. The van der Waals surface area contributed by atoms with Crippen molar-refractivity contribution in [3.8, 4) is 0 Å². The van der Waals surface area contributed by atoms with Crippen LogP contribution in [0, 0.1) is 5.41 Å². The Morgan fingerprint density at radius 2 is 1.84 bits per heavy atom. The minimum atomic E-state index is -4.54. The van der Waals surface area contributed by atoms with Crippen LogP contribution >= 0.6 is 0 Å². The monoisotopic (exact) mass is 277 g/mol. The molecule has 0 amide bonds. The summed E-state index contributed by atoms with van der Waals surface area (Å²) in [5.41, 5.74) is 0.952. The number of alkyl halides is 3. The Bertz CT molecular complexity index is 439. The molecule has 0 aliphatic heterocycles. The Morgan fingerprint density at radius 3 is 2.26 bits per heavy atom. The molecule has 0 saturated heterocycles. The molecule has 0 saturated carbocycles. The van der Waals surface area contributed by atoms with Crippen LogP contribution in [-0.4, -0.2) is 23.6 Å². The molecule has 0 atom stereocenters. The molecule has 1 rings (SSSR count). The van der Waals surface area contributed by atoms with E-state index in [4.69, 9.17) is 5.84 Å². The Kier molecular flexibility index (Phi) is 4.24. The van der Waals surface area contributed by atoms with Crippen molar-refractivity contribution >= 4 is 11.8 Å². The summed E-state index contributed by atoms with van der Waals surface area (Å²) in [4.78, 5) is 8.87. The first-order chi connectivity index (χ1) is 8.53. The van der Waals surface area contributed by atoms with Gasteiger partial charge in [0.1, 0.15) is 5.82 Å². The van der Waals surface area contributed by atoms with Crippen LogP contribution in [0.4, 0.5) is 24.9 Å². The van der Waals surface area contributed by atoms with E-state index in [0.717, 1.165) is 6.07 Å². The second-order valence-electron chi connectivity index (χ2n) is 5.49. The van der Waals surface area contributed by atoms with Crippen LogP contribution < -0.4 is 16.2 Å². The lowest BCUT2D eigenvalue weighted by molar-refractivity contribution is -0.141. The van der Waals surface area contributed by atoms with Crippen molar-refractivity contribution in [2.45, 2.75) is 26.9 Å². The average molecular weight is 277 g/mol. The number of hydrazine groups is 1. The van der Waals surface area contributed by atoms with E-state index in [-0.39, 0.29) is 17.2 Å². The van der Waals surface area contributed by atoms with Gasteiger partial charge in [-0.2, -0.15) is 18.2 Å². The van der Waals surface area contributed by atoms with Crippen molar-refractivity contribution in [3.63, 3.8) is 0 Å². The molecular formula is C11H18F3N5. The first-order valence-electron chi connectivity index (χ1n) is 5.67. The normalized spacial score (nSPS) is 12.4. The van der Waals surface area contributed by atoms with E-state index < -0.39 is 11.9 Å². The van der Waals surface area contributed by atoms with Crippen LogP contribution in [0.2, 0.25) is 0 Å². The molecule has 1 aromatic heterocycles. The van der Waals surface area contributed by atoms with Crippen molar-refractivity contribution < 1.29 is 13.2 Å². The Balaban J connectivity index is 3.13. The predicted molar refractivity (Wildman–Crippen MR) is 67.6 cm³/mol. The van der Waals surface area contributed by atoms with E-state index in [2.05, 4.69) is 9.97 Å². The molecule has 0 aliphatic carbocycles. The molecule has 0 aromatic carbocycles. The van der Waals surface area contributed by atoms with E-state index in [1.165, 1.54) is 0 Å². The number of nitrogen functional groups attached to an aromatic ring is 1. The minimum Gasteiger partial charge on any atom is -0.359 e. The van der Waals surface area contributed by atoms with Gasteiger partial charge in [-0.1, -0.05) is 20.8 Å². The third-order valence-electron chi connectivity index (χ3n) is 2.23. The standard InChI is InChI=1S/C11H18F3N5/c1-10(2,3)6-19(4)8-5-7(11(12,13)14)16-9(17-8)18-15/h5H,6,15H2,1-4H3,(H,16,17,18). The van der Waals surface area contributed by atoms with Crippen LogP contribution in [-0.2, 0) is 6.18 Å². The minimum absolute atomic E-state index is 0.0750. The number of rotatable bonds is 3. The second kappa shape index (κ2) is 5.20. The molecular weight excluding hydrogens is 259 g/mol. The van der Waals surface area contributed by atoms with Crippen molar-refractivity contribution in [2.75, 3.05) is 23.9 Å². The number of nitrogens with zero attached hydrogens (tertiary/aromatic N) is 3. The Hall–Kier alpha value is -1.57. The maximum absolute atomic E-state index is 12.7. The summed E-state index contributed by atoms with van der Waals surface area (Å²) < 4.78 is 38.1. The smallest absolute Gasteiger partial charge is 0.359 e. The maximum Gasteiger partial charge on any atom is 0.433 e. The summed E-state index contributed by atoms with van der Waals surface area (Å²) in [6.45, 7) is 6.50. The highest BCUT2D eigenvalue weighted by atomic mass is 19.4. The summed E-state index contributed by atoms with van der Waals surface area (Å²) >= 11 is 0. The zero-order chi connectivity index (χ0) is 14.8. The van der Waals surface area contributed by atoms with Crippen LogP contribution in [0.15, 0.2) is 6.07 Å². The van der Waals surface area contributed by atoms with Gasteiger partial charge in [-0.15, -0.1) is 0 Å². The molecule has 0 unspecified atom stereocenters. The number of anilines is 2. The Labute approximate surface area is 110 Å². The SMILES string of the molecule is CN(CC(C)(C)C)c1cc(C(F)(F)F)nc(NN)n1. The molecule has 5 nitrogen and oxygen atoms in total. The summed E-state index contributed by atoms with van der Waals surface area (Å²) in [6, 6.07) is 0.909. The van der Waals surface area contributed by atoms with Crippen molar-refractivity contribution in [3.05, 3.63) is 11.8 Å². The zero-order valence-electron chi connectivity index (χ0n) is 11.3. The Morgan fingerprint density at radius 1 is 1.26 bits per heavy atom. The van der Waals surface area contributed by atoms with Gasteiger partial charge in [0.2, 0.25) is 5.95 Å². The fourth-order valence-corrected chi connectivity index (χ4v) is 1.63. The van der Waals surface area contributed by atoms with Crippen LogP contribution in [0.5, 0.6) is 0 Å². The lowest BCUT2D eigenvalue weighted by atomic mass is 9.96. The number of aromatic nitrogens is 2. The molecule has 0 aliphatic rings. The van der Waals surface area contributed by atoms with Gasteiger partial charge in [0, 0.05) is 19.7 Å². The molecule has 0 radical (unpaired) electrons. The highest BCUT2D eigenvalue weighted by Gasteiger charge is 2.34. The number of hydrogen-bond donors (Lipinski definition) is 2. The number of hydrogen-bond acceptors (Lipinski definition) is 5. The predicted octanol–water partition coefficient (Wildman–Crippen LogP) is 2.26. The first-order valence-corrected chi connectivity index (χ1v) is 5.67. The average Bonchev–Trinajstić information content (AvgIpc) is 2.25. The highest BCUT2D eigenvalue weighted by molar-refractivity contribution is 5.44. The van der Waals surface area contributed by atoms with Gasteiger partial charge < -0.3 is 4.90 Å². The van der Waals surface area contributed by atoms with Gasteiger partial charge in [0.05, 0.1) is 0 Å². The van der Waals surface area contributed by atoms with Gasteiger partial charge in [0.15, 0.2) is 5.69 Å². The molecule has 1 aromatic rings. The third kappa shape index (κ3) is 4.55. The summed E-state index contributed by atoms with van der Waals surface area (Å²) in [7, 11) is 1.67. The molecule has 0 bridgehead atoms. The highest BCUT2D eigenvalue weighted by Crippen LogP contribution is 2.30. The summed E-state index contributed by atoms with van der Waals surface area (Å²) in [5, 5.41) is 0. The van der Waals surface area contributed by atoms with Gasteiger partial charge >= 0.3 is 6.18 Å². The molecule has 0 spiro atoms.